The Morgan fingerprint density at radius 3 is 2.41 bits per heavy atom. The van der Waals surface area contributed by atoms with Crippen LogP contribution in [0.2, 0.25) is 0 Å². The normalized spacial score (nSPS) is 17.7. The molecule has 1 aromatic rings. The topological polar surface area (TPSA) is 77.4 Å². The minimum atomic E-state index is -1.20. The standard InChI is InChI=1S/C26H40N2O4/c1-4-16-32-25(31)26(2,3)27-23(29)21-17-20-14-10-5-6-11-15-22(20)28(24(21)30)18-19-12-8-7-9-13-19/h17,19H,4-16,18H2,1-3H3,(H,27,29). The lowest BCUT2D eigenvalue weighted by Gasteiger charge is -2.27. The Labute approximate surface area is 192 Å². The van der Waals surface area contributed by atoms with Crippen LogP contribution in [0.15, 0.2) is 10.9 Å². The zero-order valence-corrected chi connectivity index (χ0v) is 20.1. The van der Waals surface area contributed by atoms with Crippen LogP contribution in [0.25, 0.3) is 0 Å². The molecule has 0 atom stereocenters. The molecule has 2 aliphatic carbocycles. The lowest BCUT2D eigenvalue weighted by atomic mass is 9.88. The number of aromatic nitrogens is 1. The molecule has 0 aromatic carbocycles. The van der Waals surface area contributed by atoms with Crippen molar-refractivity contribution in [3.05, 3.63) is 33.2 Å². The van der Waals surface area contributed by atoms with Gasteiger partial charge in [0.2, 0.25) is 0 Å². The second-order valence-corrected chi connectivity index (χ2v) is 10.1. The molecule has 0 bridgehead atoms. The fourth-order valence-electron chi connectivity index (χ4n) is 5.00. The third kappa shape index (κ3) is 6.02. The lowest BCUT2D eigenvalue weighted by Crippen LogP contribution is -2.52. The third-order valence-corrected chi connectivity index (χ3v) is 6.88. The van der Waals surface area contributed by atoms with Gasteiger partial charge in [-0.2, -0.15) is 0 Å². The Hall–Kier alpha value is -2.11. The first-order valence-electron chi connectivity index (χ1n) is 12.6. The van der Waals surface area contributed by atoms with E-state index in [0.717, 1.165) is 49.8 Å². The molecule has 2 aliphatic rings. The maximum atomic E-state index is 13.6. The number of fused-ring (bicyclic) bond motifs is 1. The van der Waals surface area contributed by atoms with Crippen molar-refractivity contribution in [2.45, 2.75) is 110 Å². The van der Waals surface area contributed by atoms with Gasteiger partial charge >= 0.3 is 5.97 Å². The van der Waals surface area contributed by atoms with E-state index in [1.54, 1.807) is 19.9 Å². The number of carbonyl (C=O) groups excluding carboxylic acids is 2. The predicted octanol–water partition coefficient (Wildman–Crippen LogP) is 4.55. The summed E-state index contributed by atoms with van der Waals surface area (Å²) >= 11 is 0. The van der Waals surface area contributed by atoms with Crippen LogP contribution in [-0.4, -0.2) is 28.6 Å². The number of nitrogens with zero attached hydrogens (tertiary/aromatic N) is 1. The summed E-state index contributed by atoms with van der Waals surface area (Å²) in [6.45, 7) is 6.18. The zero-order chi connectivity index (χ0) is 23.1. The average Bonchev–Trinajstić information content (AvgIpc) is 2.75. The molecule has 0 radical (unpaired) electrons. The molecular formula is C26H40N2O4. The van der Waals surface area contributed by atoms with Crippen molar-refractivity contribution in [1.82, 2.24) is 9.88 Å². The van der Waals surface area contributed by atoms with Crippen molar-refractivity contribution in [1.29, 1.82) is 0 Å². The fourth-order valence-corrected chi connectivity index (χ4v) is 5.00. The monoisotopic (exact) mass is 444 g/mol. The summed E-state index contributed by atoms with van der Waals surface area (Å²) in [5, 5.41) is 2.76. The number of aryl methyl sites for hydroxylation is 1. The van der Waals surface area contributed by atoms with Gasteiger partial charge in [-0.15, -0.1) is 0 Å². The van der Waals surface area contributed by atoms with Gasteiger partial charge in [-0.05, 0) is 76.3 Å². The van der Waals surface area contributed by atoms with Gasteiger partial charge in [-0.3, -0.25) is 9.59 Å². The predicted molar refractivity (Wildman–Crippen MR) is 126 cm³/mol. The van der Waals surface area contributed by atoms with Crippen molar-refractivity contribution in [2.75, 3.05) is 6.61 Å². The summed E-state index contributed by atoms with van der Waals surface area (Å²) in [6, 6.07) is 1.79. The summed E-state index contributed by atoms with van der Waals surface area (Å²) in [7, 11) is 0. The minimum absolute atomic E-state index is 0.150. The molecule has 0 unspecified atom stereocenters. The first-order valence-corrected chi connectivity index (χ1v) is 12.6. The molecule has 0 aliphatic heterocycles. The smallest absolute Gasteiger partial charge is 0.331 e. The number of rotatable bonds is 7. The van der Waals surface area contributed by atoms with E-state index in [2.05, 4.69) is 5.32 Å². The summed E-state index contributed by atoms with van der Waals surface area (Å²) in [5.74, 6) is -0.480. The average molecular weight is 445 g/mol. The molecular weight excluding hydrogens is 404 g/mol. The minimum Gasteiger partial charge on any atom is -0.464 e. The number of esters is 1. The summed E-state index contributed by atoms with van der Waals surface area (Å²) < 4.78 is 7.14. The number of pyridine rings is 1. The van der Waals surface area contributed by atoms with E-state index in [1.807, 2.05) is 11.5 Å². The number of carbonyl (C=O) groups is 2. The Kier molecular flexibility index (Phi) is 8.55. The van der Waals surface area contributed by atoms with E-state index in [1.165, 1.54) is 32.1 Å². The summed E-state index contributed by atoms with van der Waals surface area (Å²) in [5.41, 5.74) is 0.980. The van der Waals surface area contributed by atoms with Crippen LogP contribution >= 0.6 is 0 Å². The van der Waals surface area contributed by atoms with Gasteiger partial charge < -0.3 is 14.6 Å². The highest BCUT2D eigenvalue weighted by Crippen LogP contribution is 2.27. The van der Waals surface area contributed by atoms with Crippen LogP contribution in [-0.2, 0) is 28.9 Å². The number of hydrogen-bond acceptors (Lipinski definition) is 4. The van der Waals surface area contributed by atoms with E-state index in [-0.39, 0.29) is 11.1 Å². The van der Waals surface area contributed by atoms with Crippen LogP contribution in [0, 0.1) is 5.92 Å². The quantitative estimate of drug-likeness (QED) is 0.626. The van der Waals surface area contributed by atoms with Crippen LogP contribution in [0.5, 0.6) is 0 Å². The molecule has 1 fully saturated rings. The Morgan fingerprint density at radius 2 is 1.72 bits per heavy atom. The maximum absolute atomic E-state index is 13.6. The maximum Gasteiger partial charge on any atom is 0.331 e. The number of nitrogens with one attached hydrogen (secondary N) is 1. The number of hydrogen-bond donors (Lipinski definition) is 1. The van der Waals surface area contributed by atoms with E-state index in [4.69, 9.17) is 4.74 Å². The molecule has 32 heavy (non-hydrogen) atoms. The highest BCUT2D eigenvalue weighted by molar-refractivity contribution is 5.97. The van der Waals surface area contributed by atoms with Gasteiger partial charge in [0.05, 0.1) is 6.61 Å². The molecule has 1 N–H and O–H groups in total. The summed E-state index contributed by atoms with van der Waals surface area (Å²) in [4.78, 5) is 39.2. The van der Waals surface area contributed by atoms with Gasteiger partial charge in [-0.1, -0.05) is 39.0 Å². The first kappa shape index (κ1) is 24.5. The lowest BCUT2D eigenvalue weighted by molar-refractivity contribution is -0.149. The molecule has 178 valence electrons. The Balaban J connectivity index is 1.93. The van der Waals surface area contributed by atoms with E-state index < -0.39 is 17.4 Å². The van der Waals surface area contributed by atoms with Crippen molar-refractivity contribution in [3.63, 3.8) is 0 Å². The highest BCUT2D eigenvalue weighted by Gasteiger charge is 2.33. The van der Waals surface area contributed by atoms with Crippen molar-refractivity contribution in [2.24, 2.45) is 5.92 Å². The van der Waals surface area contributed by atoms with Gasteiger partial charge in [0, 0.05) is 12.2 Å². The van der Waals surface area contributed by atoms with Crippen molar-refractivity contribution < 1.29 is 14.3 Å². The summed E-state index contributed by atoms with van der Waals surface area (Å²) in [6.07, 6.45) is 13.0. The fraction of sp³-hybridized carbons (Fsp3) is 0.731. The zero-order valence-electron chi connectivity index (χ0n) is 20.1. The highest BCUT2D eigenvalue weighted by atomic mass is 16.5. The Bertz CT molecular complexity index is 865. The molecule has 3 rings (SSSR count). The van der Waals surface area contributed by atoms with Crippen LogP contribution in [0.1, 0.15) is 107 Å². The van der Waals surface area contributed by atoms with E-state index in [9.17, 15) is 14.4 Å². The molecule has 0 saturated heterocycles. The first-order chi connectivity index (χ1) is 15.3. The molecule has 1 saturated carbocycles. The largest absolute Gasteiger partial charge is 0.464 e. The van der Waals surface area contributed by atoms with Gasteiger partial charge in [0.25, 0.3) is 11.5 Å². The number of ether oxygens (including phenoxy) is 1. The van der Waals surface area contributed by atoms with Gasteiger partial charge in [0.15, 0.2) is 0 Å². The second kappa shape index (κ2) is 11.2. The van der Waals surface area contributed by atoms with Gasteiger partial charge in [0.1, 0.15) is 11.1 Å². The van der Waals surface area contributed by atoms with Crippen LogP contribution < -0.4 is 10.9 Å². The SMILES string of the molecule is CCCOC(=O)C(C)(C)NC(=O)c1cc2c(n(CC3CCCCC3)c1=O)CCCCCC2. The Morgan fingerprint density at radius 1 is 1.06 bits per heavy atom. The molecule has 6 nitrogen and oxygen atoms in total. The van der Waals surface area contributed by atoms with Gasteiger partial charge in [-0.25, -0.2) is 4.79 Å². The van der Waals surface area contributed by atoms with Crippen LogP contribution in [0.4, 0.5) is 0 Å². The third-order valence-electron chi connectivity index (χ3n) is 6.88. The number of amides is 1. The second-order valence-electron chi connectivity index (χ2n) is 10.1. The van der Waals surface area contributed by atoms with Crippen LogP contribution in [0.3, 0.4) is 0 Å². The molecule has 1 amide bonds. The molecule has 1 aromatic heterocycles. The van der Waals surface area contributed by atoms with E-state index >= 15 is 0 Å². The molecule has 6 heteroatoms. The van der Waals surface area contributed by atoms with Crippen molar-refractivity contribution in [3.8, 4) is 0 Å². The van der Waals surface area contributed by atoms with E-state index in [0.29, 0.717) is 25.5 Å². The molecule has 1 heterocycles. The van der Waals surface area contributed by atoms with Crippen molar-refractivity contribution >= 4 is 11.9 Å². The molecule has 0 spiro atoms.